The standard InChI is InChI=1S/C14H16N2/c1-11-8-9-13(10-14(11)15)16(2)12-6-4-3-5-7-12/h3-10H,15H2,1-2H3. The number of para-hydroxylation sites is 1. The molecule has 0 unspecified atom stereocenters. The highest BCUT2D eigenvalue weighted by atomic mass is 15.1. The van der Waals surface area contributed by atoms with Crippen LogP contribution in [0.1, 0.15) is 5.56 Å². The minimum atomic E-state index is 0.834. The van der Waals surface area contributed by atoms with Crippen LogP contribution >= 0.6 is 0 Å². The van der Waals surface area contributed by atoms with Crippen molar-refractivity contribution in [1.82, 2.24) is 0 Å². The fraction of sp³-hybridized carbons (Fsp3) is 0.143. The summed E-state index contributed by atoms with van der Waals surface area (Å²) in [6, 6.07) is 16.4. The predicted molar refractivity (Wildman–Crippen MR) is 70.1 cm³/mol. The number of aryl methyl sites for hydroxylation is 1. The molecule has 16 heavy (non-hydrogen) atoms. The van der Waals surface area contributed by atoms with Gasteiger partial charge in [0.15, 0.2) is 0 Å². The molecule has 0 spiro atoms. The maximum atomic E-state index is 5.91. The molecule has 0 radical (unpaired) electrons. The van der Waals surface area contributed by atoms with Gasteiger partial charge in [0.05, 0.1) is 0 Å². The van der Waals surface area contributed by atoms with Crippen LogP contribution in [0.25, 0.3) is 0 Å². The Morgan fingerprint density at radius 3 is 2.25 bits per heavy atom. The number of hydrogen-bond donors (Lipinski definition) is 1. The number of benzene rings is 2. The predicted octanol–water partition coefficient (Wildman–Crippen LogP) is 3.35. The normalized spacial score (nSPS) is 10.1. The lowest BCUT2D eigenvalue weighted by molar-refractivity contribution is 1.21. The molecule has 0 heterocycles. The van der Waals surface area contributed by atoms with Gasteiger partial charge in [-0.15, -0.1) is 0 Å². The van der Waals surface area contributed by atoms with E-state index in [0.717, 1.165) is 22.6 Å². The summed E-state index contributed by atoms with van der Waals surface area (Å²) >= 11 is 0. The number of nitrogens with zero attached hydrogens (tertiary/aromatic N) is 1. The Hall–Kier alpha value is -1.96. The molecule has 0 atom stereocenters. The van der Waals surface area contributed by atoms with Crippen molar-refractivity contribution in [2.75, 3.05) is 17.7 Å². The van der Waals surface area contributed by atoms with E-state index in [9.17, 15) is 0 Å². The Balaban J connectivity index is 2.34. The average molecular weight is 212 g/mol. The molecule has 0 aliphatic heterocycles. The van der Waals surface area contributed by atoms with Crippen molar-refractivity contribution in [2.45, 2.75) is 6.92 Å². The van der Waals surface area contributed by atoms with Crippen molar-refractivity contribution >= 4 is 17.1 Å². The Bertz CT molecular complexity index is 477. The van der Waals surface area contributed by atoms with Crippen LogP contribution in [0.5, 0.6) is 0 Å². The van der Waals surface area contributed by atoms with Gasteiger partial charge in [-0.3, -0.25) is 0 Å². The number of nitrogen functional groups attached to an aromatic ring is 1. The van der Waals surface area contributed by atoms with Gasteiger partial charge in [0, 0.05) is 24.1 Å². The van der Waals surface area contributed by atoms with E-state index < -0.39 is 0 Å². The topological polar surface area (TPSA) is 29.3 Å². The number of rotatable bonds is 2. The van der Waals surface area contributed by atoms with E-state index in [1.807, 2.05) is 44.3 Å². The third-order valence-corrected chi connectivity index (χ3v) is 2.79. The van der Waals surface area contributed by atoms with Crippen LogP contribution in [0.15, 0.2) is 48.5 Å². The summed E-state index contributed by atoms with van der Waals surface area (Å²) in [5.74, 6) is 0. The smallest absolute Gasteiger partial charge is 0.0428 e. The molecule has 82 valence electrons. The highest BCUT2D eigenvalue weighted by molar-refractivity contribution is 5.67. The Morgan fingerprint density at radius 1 is 0.938 bits per heavy atom. The molecule has 2 heteroatoms. The first-order chi connectivity index (χ1) is 7.68. The first-order valence-corrected chi connectivity index (χ1v) is 5.33. The fourth-order valence-electron chi connectivity index (χ4n) is 1.64. The van der Waals surface area contributed by atoms with Crippen molar-refractivity contribution in [2.24, 2.45) is 0 Å². The molecular formula is C14H16N2. The van der Waals surface area contributed by atoms with Crippen molar-refractivity contribution in [3.05, 3.63) is 54.1 Å². The summed E-state index contributed by atoms with van der Waals surface area (Å²) < 4.78 is 0. The second-order valence-corrected chi connectivity index (χ2v) is 3.94. The molecule has 2 aromatic rings. The molecule has 0 aromatic heterocycles. The maximum absolute atomic E-state index is 5.91. The molecule has 0 amide bonds. The molecule has 2 aromatic carbocycles. The zero-order chi connectivity index (χ0) is 11.5. The second kappa shape index (κ2) is 4.27. The molecule has 0 saturated heterocycles. The van der Waals surface area contributed by atoms with Crippen molar-refractivity contribution in [3.8, 4) is 0 Å². The Labute approximate surface area is 96.3 Å². The van der Waals surface area contributed by atoms with E-state index in [-0.39, 0.29) is 0 Å². The molecule has 2 rings (SSSR count). The molecular weight excluding hydrogens is 196 g/mol. The number of hydrogen-bond acceptors (Lipinski definition) is 2. The maximum Gasteiger partial charge on any atom is 0.0428 e. The molecule has 2 N–H and O–H groups in total. The lowest BCUT2D eigenvalue weighted by Crippen LogP contribution is -2.09. The van der Waals surface area contributed by atoms with E-state index in [2.05, 4.69) is 23.1 Å². The average Bonchev–Trinajstić information content (AvgIpc) is 2.33. The third kappa shape index (κ3) is 2.01. The molecule has 0 fully saturated rings. The fourth-order valence-corrected chi connectivity index (χ4v) is 1.64. The Morgan fingerprint density at radius 2 is 1.62 bits per heavy atom. The van der Waals surface area contributed by atoms with E-state index in [0.29, 0.717) is 0 Å². The van der Waals surface area contributed by atoms with E-state index in [4.69, 9.17) is 5.73 Å². The summed E-state index contributed by atoms with van der Waals surface area (Å²) in [5.41, 5.74) is 10.1. The lowest BCUT2D eigenvalue weighted by atomic mass is 10.1. The van der Waals surface area contributed by atoms with Gasteiger partial charge >= 0.3 is 0 Å². The third-order valence-electron chi connectivity index (χ3n) is 2.79. The first-order valence-electron chi connectivity index (χ1n) is 5.33. The summed E-state index contributed by atoms with van der Waals surface area (Å²) in [5, 5.41) is 0. The number of anilines is 3. The monoisotopic (exact) mass is 212 g/mol. The summed E-state index contributed by atoms with van der Waals surface area (Å²) in [7, 11) is 2.04. The molecule has 0 bridgehead atoms. The van der Waals surface area contributed by atoms with Gasteiger partial charge in [0.1, 0.15) is 0 Å². The van der Waals surface area contributed by atoms with Gasteiger partial charge < -0.3 is 10.6 Å². The zero-order valence-corrected chi connectivity index (χ0v) is 9.64. The van der Waals surface area contributed by atoms with Gasteiger partial charge in [0.2, 0.25) is 0 Å². The van der Waals surface area contributed by atoms with Gasteiger partial charge in [-0.2, -0.15) is 0 Å². The van der Waals surface area contributed by atoms with E-state index in [1.54, 1.807) is 0 Å². The largest absolute Gasteiger partial charge is 0.398 e. The molecule has 2 nitrogen and oxygen atoms in total. The van der Waals surface area contributed by atoms with Crippen LogP contribution in [-0.4, -0.2) is 7.05 Å². The summed E-state index contributed by atoms with van der Waals surface area (Å²) in [6.07, 6.45) is 0. The summed E-state index contributed by atoms with van der Waals surface area (Å²) in [4.78, 5) is 2.12. The minimum absolute atomic E-state index is 0.834. The molecule has 0 saturated carbocycles. The van der Waals surface area contributed by atoms with E-state index in [1.165, 1.54) is 0 Å². The van der Waals surface area contributed by atoms with Gasteiger partial charge in [-0.25, -0.2) is 0 Å². The van der Waals surface area contributed by atoms with Crippen molar-refractivity contribution in [1.29, 1.82) is 0 Å². The zero-order valence-electron chi connectivity index (χ0n) is 9.64. The van der Waals surface area contributed by atoms with Gasteiger partial charge in [-0.05, 0) is 36.8 Å². The van der Waals surface area contributed by atoms with Crippen LogP contribution in [0.3, 0.4) is 0 Å². The van der Waals surface area contributed by atoms with Crippen LogP contribution in [-0.2, 0) is 0 Å². The Kier molecular flexibility index (Phi) is 2.82. The summed E-state index contributed by atoms with van der Waals surface area (Å²) in [6.45, 7) is 2.02. The van der Waals surface area contributed by atoms with Crippen LogP contribution in [0, 0.1) is 6.92 Å². The number of nitrogens with two attached hydrogens (primary N) is 1. The van der Waals surface area contributed by atoms with Crippen LogP contribution in [0.2, 0.25) is 0 Å². The van der Waals surface area contributed by atoms with Gasteiger partial charge in [-0.1, -0.05) is 24.3 Å². The first kappa shape index (κ1) is 10.6. The van der Waals surface area contributed by atoms with Crippen LogP contribution < -0.4 is 10.6 Å². The van der Waals surface area contributed by atoms with Crippen molar-refractivity contribution in [3.63, 3.8) is 0 Å². The van der Waals surface area contributed by atoms with Crippen LogP contribution in [0.4, 0.5) is 17.1 Å². The van der Waals surface area contributed by atoms with E-state index >= 15 is 0 Å². The molecule has 0 aliphatic carbocycles. The minimum Gasteiger partial charge on any atom is -0.398 e. The van der Waals surface area contributed by atoms with Crippen molar-refractivity contribution < 1.29 is 0 Å². The highest BCUT2D eigenvalue weighted by Crippen LogP contribution is 2.26. The molecule has 0 aliphatic rings. The van der Waals surface area contributed by atoms with Gasteiger partial charge in [0.25, 0.3) is 0 Å². The quantitative estimate of drug-likeness (QED) is 0.773. The highest BCUT2D eigenvalue weighted by Gasteiger charge is 2.04. The lowest BCUT2D eigenvalue weighted by Gasteiger charge is -2.20. The SMILES string of the molecule is Cc1ccc(N(C)c2ccccc2)cc1N. The second-order valence-electron chi connectivity index (χ2n) is 3.94.